The van der Waals surface area contributed by atoms with Crippen LogP contribution < -0.4 is 4.90 Å². The minimum absolute atomic E-state index is 0.127. The van der Waals surface area contributed by atoms with Gasteiger partial charge in [0, 0.05) is 39.4 Å². The van der Waals surface area contributed by atoms with E-state index in [0.29, 0.717) is 0 Å². The van der Waals surface area contributed by atoms with Crippen LogP contribution in [0, 0.1) is 10.1 Å². The minimum atomic E-state index is -3.96. The molecule has 0 aliphatic rings. The maximum Gasteiger partial charge on any atom is 0.289 e. The molecular weight excluding hydrogens is 330 g/mol. The average molecular weight is 349 g/mol. The summed E-state index contributed by atoms with van der Waals surface area (Å²) in [6.45, 7) is 0.127. The molecule has 0 aliphatic carbocycles. The second kappa shape index (κ2) is 6.98. The summed E-state index contributed by atoms with van der Waals surface area (Å²) < 4.78 is 26.4. The SMILES string of the molecule is CN(C)c1ccc(CN(C)S(=O)(=O)c2ccccc2[N+](=O)[O-])cc1. The molecule has 2 aromatic rings. The van der Waals surface area contributed by atoms with Crippen molar-refractivity contribution in [2.75, 3.05) is 26.0 Å². The zero-order valence-corrected chi connectivity index (χ0v) is 14.5. The number of para-hydroxylation sites is 1. The van der Waals surface area contributed by atoms with Gasteiger partial charge in [0.2, 0.25) is 10.0 Å². The zero-order chi connectivity index (χ0) is 17.9. The molecule has 0 amide bonds. The summed E-state index contributed by atoms with van der Waals surface area (Å²) in [6.07, 6.45) is 0. The summed E-state index contributed by atoms with van der Waals surface area (Å²) in [5.74, 6) is 0. The first-order valence-electron chi connectivity index (χ1n) is 7.19. The van der Waals surface area contributed by atoms with Crippen molar-refractivity contribution < 1.29 is 13.3 Å². The van der Waals surface area contributed by atoms with Gasteiger partial charge in [0.1, 0.15) is 0 Å². The van der Waals surface area contributed by atoms with Gasteiger partial charge < -0.3 is 4.90 Å². The summed E-state index contributed by atoms with van der Waals surface area (Å²) >= 11 is 0. The lowest BCUT2D eigenvalue weighted by atomic mass is 10.2. The van der Waals surface area contributed by atoms with Gasteiger partial charge in [0.25, 0.3) is 5.69 Å². The highest BCUT2D eigenvalue weighted by molar-refractivity contribution is 7.89. The lowest BCUT2D eigenvalue weighted by Crippen LogP contribution is -2.27. The molecule has 0 saturated heterocycles. The maximum atomic E-state index is 12.7. The van der Waals surface area contributed by atoms with Crippen LogP contribution >= 0.6 is 0 Å². The molecule has 0 unspecified atom stereocenters. The number of nitro groups is 1. The second-order valence-corrected chi connectivity index (χ2v) is 7.56. The van der Waals surface area contributed by atoms with Crippen molar-refractivity contribution in [3.05, 3.63) is 64.2 Å². The highest BCUT2D eigenvalue weighted by Gasteiger charge is 2.29. The van der Waals surface area contributed by atoms with Gasteiger partial charge in [-0.1, -0.05) is 24.3 Å². The van der Waals surface area contributed by atoms with Crippen LogP contribution in [0.25, 0.3) is 0 Å². The van der Waals surface area contributed by atoms with Crippen LogP contribution in [0.4, 0.5) is 11.4 Å². The summed E-state index contributed by atoms with van der Waals surface area (Å²) in [4.78, 5) is 12.0. The van der Waals surface area contributed by atoms with Gasteiger partial charge in [-0.15, -0.1) is 0 Å². The van der Waals surface area contributed by atoms with E-state index < -0.39 is 20.6 Å². The lowest BCUT2D eigenvalue weighted by Gasteiger charge is -2.18. The molecule has 0 fully saturated rings. The topological polar surface area (TPSA) is 83.8 Å². The Balaban J connectivity index is 2.28. The van der Waals surface area contributed by atoms with Crippen LogP contribution in [-0.2, 0) is 16.6 Å². The number of benzene rings is 2. The predicted octanol–water partition coefficient (Wildman–Crippen LogP) is 2.48. The number of nitro benzene ring substituents is 1. The van der Waals surface area contributed by atoms with Crippen molar-refractivity contribution in [3.63, 3.8) is 0 Å². The van der Waals surface area contributed by atoms with E-state index in [9.17, 15) is 18.5 Å². The Labute approximate surface area is 141 Å². The quantitative estimate of drug-likeness (QED) is 0.591. The molecule has 0 aromatic heterocycles. The Bertz CT molecular complexity index is 833. The fraction of sp³-hybridized carbons (Fsp3) is 0.250. The Morgan fingerprint density at radius 3 is 2.12 bits per heavy atom. The molecule has 2 aromatic carbocycles. The summed E-state index contributed by atoms with van der Waals surface area (Å²) in [5.41, 5.74) is 1.38. The summed E-state index contributed by atoms with van der Waals surface area (Å²) in [5, 5.41) is 11.1. The average Bonchev–Trinajstić information content (AvgIpc) is 2.55. The van der Waals surface area contributed by atoms with Crippen LogP contribution in [0.2, 0.25) is 0 Å². The molecule has 0 radical (unpaired) electrons. The molecule has 0 N–H and O–H groups in total. The lowest BCUT2D eigenvalue weighted by molar-refractivity contribution is -0.387. The Kier molecular flexibility index (Phi) is 5.20. The molecule has 0 aliphatic heterocycles. The first kappa shape index (κ1) is 17.9. The molecule has 128 valence electrons. The number of sulfonamides is 1. The molecule has 2 rings (SSSR count). The van der Waals surface area contributed by atoms with Gasteiger partial charge >= 0.3 is 0 Å². The van der Waals surface area contributed by atoms with Crippen molar-refractivity contribution in [1.29, 1.82) is 0 Å². The van der Waals surface area contributed by atoms with Gasteiger partial charge in [0.05, 0.1) is 4.92 Å². The van der Waals surface area contributed by atoms with Crippen LogP contribution in [0.3, 0.4) is 0 Å². The molecule has 24 heavy (non-hydrogen) atoms. The van der Waals surface area contributed by atoms with Crippen molar-refractivity contribution in [1.82, 2.24) is 4.31 Å². The molecule has 0 heterocycles. The van der Waals surface area contributed by atoms with Gasteiger partial charge in [-0.25, -0.2) is 8.42 Å². The highest BCUT2D eigenvalue weighted by atomic mass is 32.2. The smallest absolute Gasteiger partial charge is 0.289 e. The Hall–Kier alpha value is -2.45. The van der Waals surface area contributed by atoms with Gasteiger partial charge in [-0.2, -0.15) is 4.31 Å². The van der Waals surface area contributed by atoms with Crippen molar-refractivity contribution >= 4 is 21.4 Å². The fourth-order valence-electron chi connectivity index (χ4n) is 2.24. The van der Waals surface area contributed by atoms with E-state index >= 15 is 0 Å². The summed E-state index contributed by atoms with van der Waals surface area (Å²) in [7, 11) is 1.28. The number of rotatable bonds is 6. The van der Waals surface area contributed by atoms with Crippen LogP contribution in [-0.4, -0.2) is 38.8 Å². The van der Waals surface area contributed by atoms with E-state index in [1.165, 1.54) is 31.3 Å². The van der Waals surface area contributed by atoms with E-state index in [-0.39, 0.29) is 11.4 Å². The van der Waals surface area contributed by atoms with E-state index in [0.717, 1.165) is 15.6 Å². The number of anilines is 1. The standard InChI is InChI=1S/C16H19N3O4S/c1-17(2)14-10-8-13(9-11-14)12-18(3)24(22,23)16-7-5-4-6-15(16)19(20)21/h4-11H,12H2,1-3H3. The minimum Gasteiger partial charge on any atom is -0.378 e. The third-order valence-corrected chi connectivity index (χ3v) is 5.46. The zero-order valence-electron chi connectivity index (χ0n) is 13.7. The normalized spacial score (nSPS) is 11.5. The van der Waals surface area contributed by atoms with Crippen molar-refractivity contribution in [2.45, 2.75) is 11.4 Å². The monoisotopic (exact) mass is 349 g/mol. The summed E-state index contributed by atoms with van der Waals surface area (Å²) in [6, 6.07) is 12.8. The molecule has 8 heteroatoms. The van der Waals surface area contributed by atoms with Crippen LogP contribution in [0.1, 0.15) is 5.56 Å². The third-order valence-electron chi connectivity index (χ3n) is 3.61. The molecular formula is C16H19N3O4S. The van der Waals surface area contributed by atoms with E-state index in [2.05, 4.69) is 0 Å². The van der Waals surface area contributed by atoms with E-state index in [1.54, 1.807) is 0 Å². The molecule has 0 saturated carbocycles. The first-order valence-corrected chi connectivity index (χ1v) is 8.63. The first-order chi connectivity index (χ1) is 11.2. The van der Waals surface area contributed by atoms with E-state index in [4.69, 9.17) is 0 Å². The predicted molar refractivity (Wildman–Crippen MR) is 92.5 cm³/mol. The largest absolute Gasteiger partial charge is 0.378 e. The number of nitrogens with zero attached hydrogens (tertiary/aromatic N) is 3. The van der Waals surface area contributed by atoms with Gasteiger partial charge in [0.15, 0.2) is 4.90 Å². The molecule has 7 nitrogen and oxygen atoms in total. The second-order valence-electron chi connectivity index (χ2n) is 5.55. The van der Waals surface area contributed by atoms with Crippen molar-refractivity contribution in [2.24, 2.45) is 0 Å². The van der Waals surface area contributed by atoms with Crippen molar-refractivity contribution in [3.8, 4) is 0 Å². The van der Waals surface area contributed by atoms with Gasteiger partial charge in [-0.3, -0.25) is 10.1 Å². The number of hydrogen-bond acceptors (Lipinski definition) is 5. The highest BCUT2D eigenvalue weighted by Crippen LogP contribution is 2.26. The third kappa shape index (κ3) is 3.72. The maximum absolute atomic E-state index is 12.7. The Morgan fingerprint density at radius 1 is 1.00 bits per heavy atom. The molecule has 0 spiro atoms. The number of hydrogen-bond donors (Lipinski definition) is 0. The fourth-order valence-corrected chi connectivity index (χ4v) is 3.55. The van der Waals surface area contributed by atoms with Gasteiger partial charge in [-0.05, 0) is 23.8 Å². The van der Waals surface area contributed by atoms with E-state index in [1.807, 2.05) is 43.3 Å². The molecule has 0 atom stereocenters. The molecule has 0 bridgehead atoms. The van der Waals surface area contributed by atoms with Crippen LogP contribution in [0.15, 0.2) is 53.4 Å². The van der Waals surface area contributed by atoms with Crippen LogP contribution in [0.5, 0.6) is 0 Å². The Morgan fingerprint density at radius 2 is 1.58 bits per heavy atom.